The molecule has 0 bridgehead atoms. The summed E-state index contributed by atoms with van der Waals surface area (Å²) in [7, 11) is 0. The average molecular weight is 167 g/mol. The summed E-state index contributed by atoms with van der Waals surface area (Å²) in [6, 6.07) is 4.72. The third-order valence-corrected chi connectivity index (χ3v) is 1.55. The highest BCUT2D eigenvalue weighted by atomic mass is 16.6. The van der Waals surface area contributed by atoms with Gasteiger partial charge >= 0.3 is 0 Å². The minimum Gasteiger partial charge on any atom is -0.393 e. The van der Waals surface area contributed by atoms with Gasteiger partial charge in [-0.15, -0.1) is 0 Å². The Labute approximate surface area is 69.1 Å². The summed E-state index contributed by atoms with van der Waals surface area (Å²) < 4.78 is 0. The Kier molecular flexibility index (Phi) is 2.25. The average Bonchev–Trinajstić information content (AvgIpc) is 2.03. The van der Waals surface area contributed by atoms with E-state index in [1.807, 2.05) is 0 Å². The number of benzene rings is 1. The third kappa shape index (κ3) is 1.35. The van der Waals surface area contributed by atoms with Crippen LogP contribution in [-0.2, 0) is 6.54 Å². The van der Waals surface area contributed by atoms with Crippen molar-refractivity contribution in [3.05, 3.63) is 33.9 Å². The van der Waals surface area contributed by atoms with Gasteiger partial charge in [0.25, 0.3) is 5.69 Å². The Balaban J connectivity index is 3.29. The number of hydrogen-bond donors (Lipinski definition) is 2. The van der Waals surface area contributed by atoms with Gasteiger partial charge in [0.05, 0.1) is 4.92 Å². The van der Waals surface area contributed by atoms with Crippen LogP contribution in [0.3, 0.4) is 0 Å². The van der Waals surface area contributed by atoms with Crippen molar-refractivity contribution in [1.82, 2.24) is 0 Å². The maximum atomic E-state index is 10.5. The highest BCUT2D eigenvalue weighted by molar-refractivity contribution is 5.62. The summed E-state index contributed by atoms with van der Waals surface area (Å²) >= 11 is 0. The zero-order chi connectivity index (χ0) is 9.14. The van der Waals surface area contributed by atoms with E-state index in [1.165, 1.54) is 6.07 Å². The zero-order valence-electron chi connectivity index (χ0n) is 6.36. The van der Waals surface area contributed by atoms with Crippen LogP contribution < -0.4 is 11.5 Å². The molecule has 5 nitrogen and oxygen atoms in total. The van der Waals surface area contributed by atoms with Crippen molar-refractivity contribution in [2.45, 2.75) is 6.54 Å². The molecule has 5 heteroatoms. The first kappa shape index (κ1) is 8.48. The monoisotopic (exact) mass is 167 g/mol. The number of para-hydroxylation sites is 1. The fourth-order valence-electron chi connectivity index (χ4n) is 0.999. The summed E-state index contributed by atoms with van der Waals surface area (Å²) in [6.07, 6.45) is 0. The molecule has 1 rings (SSSR count). The number of nitrogens with two attached hydrogens (primary N) is 2. The lowest BCUT2D eigenvalue weighted by Crippen LogP contribution is -2.04. The molecule has 0 unspecified atom stereocenters. The van der Waals surface area contributed by atoms with Crippen LogP contribution in [0.15, 0.2) is 18.2 Å². The summed E-state index contributed by atoms with van der Waals surface area (Å²) in [5.41, 5.74) is 11.2. The number of rotatable bonds is 2. The predicted octanol–water partition coefficient (Wildman–Crippen LogP) is 0.636. The first-order valence-corrected chi connectivity index (χ1v) is 3.38. The van der Waals surface area contributed by atoms with E-state index in [-0.39, 0.29) is 17.9 Å². The van der Waals surface area contributed by atoms with Gasteiger partial charge < -0.3 is 11.5 Å². The van der Waals surface area contributed by atoms with E-state index in [1.54, 1.807) is 12.1 Å². The molecule has 0 radical (unpaired) electrons. The van der Waals surface area contributed by atoms with Crippen LogP contribution in [-0.4, -0.2) is 4.92 Å². The summed E-state index contributed by atoms with van der Waals surface area (Å²) in [5.74, 6) is 0. The van der Waals surface area contributed by atoms with E-state index in [0.717, 1.165) is 0 Å². The second-order valence-corrected chi connectivity index (χ2v) is 2.32. The molecule has 0 saturated heterocycles. The summed E-state index contributed by atoms with van der Waals surface area (Å²) in [4.78, 5) is 9.96. The van der Waals surface area contributed by atoms with Crippen LogP contribution in [0.1, 0.15) is 5.56 Å². The van der Waals surface area contributed by atoms with Gasteiger partial charge in [0.2, 0.25) is 0 Å². The van der Waals surface area contributed by atoms with Crippen molar-refractivity contribution in [1.29, 1.82) is 0 Å². The molecule has 0 aliphatic carbocycles. The molecule has 1 aromatic rings. The summed E-state index contributed by atoms with van der Waals surface area (Å²) in [6.45, 7) is 0.126. The number of nitro benzene ring substituents is 1. The number of nitrogens with zero attached hydrogens (tertiary/aromatic N) is 1. The maximum Gasteiger partial charge on any atom is 0.296 e. The fourth-order valence-corrected chi connectivity index (χ4v) is 0.999. The van der Waals surface area contributed by atoms with Gasteiger partial charge in [-0.2, -0.15) is 0 Å². The standard InChI is InChI=1S/C7H9N3O2/c8-4-5-2-1-3-6(9)7(5)10(11)12/h1-3H,4,8-9H2. The van der Waals surface area contributed by atoms with Crippen LogP contribution in [0.2, 0.25) is 0 Å². The number of nitro groups is 1. The minimum atomic E-state index is -0.516. The lowest BCUT2D eigenvalue weighted by atomic mass is 10.1. The SMILES string of the molecule is NCc1cccc(N)c1[N+](=O)[O-]. The Morgan fingerprint density at radius 2 is 2.17 bits per heavy atom. The topological polar surface area (TPSA) is 95.2 Å². The van der Waals surface area contributed by atoms with Gasteiger partial charge in [-0.1, -0.05) is 12.1 Å². The number of anilines is 1. The molecule has 0 heterocycles. The van der Waals surface area contributed by atoms with Crippen LogP contribution in [0.5, 0.6) is 0 Å². The summed E-state index contributed by atoms with van der Waals surface area (Å²) in [5, 5.41) is 10.5. The fraction of sp³-hybridized carbons (Fsp3) is 0.143. The van der Waals surface area contributed by atoms with E-state index in [4.69, 9.17) is 11.5 Å². The quantitative estimate of drug-likeness (QED) is 0.383. The molecular formula is C7H9N3O2. The van der Waals surface area contributed by atoms with Crippen molar-refractivity contribution < 1.29 is 4.92 Å². The Bertz CT molecular complexity index is 312. The minimum absolute atomic E-state index is 0.0833. The molecule has 12 heavy (non-hydrogen) atoms. The number of nitrogen functional groups attached to an aromatic ring is 1. The lowest BCUT2D eigenvalue weighted by Gasteiger charge is -2.01. The van der Waals surface area contributed by atoms with Gasteiger partial charge in [0, 0.05) is 12.1 Å². The molecule has 0 fully saturated rings. The van der Waals surface area contributed by atoms with Gasteiger partial charge in [-0.25, -0.2) is 0 Å². The van der Waals surface area contributed by atoms with E-state index in [0.29, 0.717) is 5.56 Å². The molecule has 1 aromatic carbocycles. The van der Waals surface area contributed by atoms with Gasteiger partial charge in [-0.05, 0) is 6.07 Å². The van der Waals surface area contributed by atoms with Gasteiger partial charge in [-0.3, -0.25) is 10.1 Å². The Hall–Kier alpha value is -1.62. The second-order valence-electron chi connectivity index (χ2n) is 2.32. The molecule has 0 aromatic heterocycles. The smallest absolute Gasteiger partial charge is 0.296 e. The molecule has 4 N–H and O–H groups in total. The van der Waals surface area contributed by atoms with E-state index >= 15 is 0 Å². The Morgan fingerprint density at radius 3 is 2.58 bits per heavy atom. The van der Waals surface area contributed by atoms with E-state index in [2.05, 4.69) is 0 Å². The lowest BCUT2D eigenvalue weighted by molar-refractivity contribution is -0.384. The first-order valence-electron chi connectivity index (χ1n) is 3.38. The Morgan fingerprint density at radius 1 is 1.50 bits per heavy atom. The molecule has 0 spiro atoms. The second kappa shape index (κ2) is 3.19. The van der Waals surface area contributed by atoms with Crippen LogP contribution in [0.25, 0.3) is 0 Å². The molecule has 0 amide bonds. The molecule has 0 saturated carbocycles. The maximum absolute atomic E-state index is 10.5. The molecule has 0 aliphatic rings. The van der Waals surface area contributed by atoms with Crippen molar-refractivity contribution in [3.63, 3.8) is 0 Å². The zero-order valence-corrected chi connectivity index (χ0v) is 6.36. The van der Waals surface area contributed by atoms with E-state index in [9.17, 15) is 10.1 Å². The van der Waals surface area contributed by atoms with Crippen molar-refractivity contribution in [2.75, 3.05) is 5.73 Å². The van der Waals surface area contributed by atoms with Crippen molar-refractivity contribution in [2.24, 2.45) is 5.73 Å². The van der Waals surface area contributed by atoms with Crippen LogP contribution in [0.4, 0.5) is 11.4 Å². The molecular weight excluding hydrogens is 158 g/mol. The van der Waals surface area contributed by atoms with Gasteiger partial charge in [0.1, 0.15) is 5.69 Å². The largest absolute Gasteiger partial charge is 0.393 e. The normalized spacial score (nSPS) is 9.75. The van der Waals surface area contributed by atoms with Crippen LogP contribution in [0, 0.1) is 10.1 Å². The molecule has 0 atom stereocenters. The van der Waals surface area contributed by atoms with Crippen molar-refractivity contribution in [3.8, 4) is 0 Å². The van der Waals surface area contributed by atoms with Gasteiger partial charge in [0.15, 0.2) is 0 Å². The number of hydrogen-bond acceptors (Lipinski definition) is 4. The third-order valence-electron chi connectivity index (χ3n) is 1.55. The van der Waals surface area contributed by atoms with Crippen LogP contribution >= 0.6 is 0 Å². The molecule has 64 valence electrons. The first-order chi connectivity index (χ1) is 5.66. The highest BCUT2D eigenvalue weighted by Crippen LogP contribution is 2.24. The molecule has 0 aliphatic heterocycles. The van der Waals surface area contributed by atoms with Crippen molar-refractivity contribution >= 4 is 11.4 Å². The highest BCUT2D eigenvalue weighted by Gasteiger charge is 2.15. The predicted molar refractivity (Wildman–Crippen MR) is 45.4 cm³/mol. The van der Waals surface area contributed by atoms with E-state index < -0.39 is 4.92 Å².